The highest BCUT2D eigenvalue weighted by molar-refractivity contribution is 8.98. The molecule has 0 spiro atoms. The molecule has 3 atom stereocenters. The highest BCUT2D eigenvalue weighted by atomic mass is 33.2. The van der Waals surface area contributed by atoms with Crippen LogP contribution < -0.4 is 0 Å². The summed E-state index contributed by atoms with van der Waals surface area (Å²) in [5.74, 6) is -4.81. The molecule has 14 heteroatoms. The summed E-state index contributed by atoms with van der Waals surface area (Å²) < 4.78 is 128. The molecule has 4 aliphatic carbocycles. The first kappa shape index (κ1) is 34.8. The first-order valence-corrected chi connectivity index (χ1v) is 20.1. The Morgan fingerprint density at radius 2 is 1.36 bits per heavy atom. The summed E-state index contributed by atoms with van der Waals surface area (Å²) in [7, 11) is -12.5. The van der Waals surface area contributed by atoms with Crippen LogP contribution >= 0.6 is 9.06 Å². The van der Waals surface area contributed by atoms with Crippen molar-refractivity contribution in [2.24, 2.45) is 23.7 Å². The normalized spacial score (nSPS) is 28.4. The van der Waals surface area contributed by atoms with E-state index in [1.165, 1.54) is 85.8 Å². The van der Waals surface area contributed by atoms with Gasteiger partial charge in [-0.1, -0.05) is 70.2 Å². The van der Waals surface area contributed by atoms with Crippen LogP contribution in [0.4, 0.5) is 22.0 Å². The Hall–Kier alpha value is -3.59. The Kier molecular flexibility index (Phi) is 7.81. The minimum atomic E-state index is -7.98. The quantitative estimate of drug-likeness (QED) is 0.103. The zero-order valence-electron chi connectivity index (χ0n) is 26.8. The zero-order valence-corrected chi connectivity index (χ0v) is 28.4. The van der Waals surface area contributed by atoms with Crippen LogP contribution in [-0.4, -0.2) is 48.4 Å². The molecule has 1 heterocycles. The van der Waals surface area contributed by atoms with Gasteiger partial charge in [-0.3, -0.25) is 13.9 Å². The van der Waals surface area contributed by atoms with Crippen molar-refractivity contribution in [1.29, 1.82) is 0 Å². The van der Waals surface area contributed by atoms with Gasteiger partial charge in [0.05, 0.1) is 5.92 Å². The van der Waals surface area contributed by atoms with Crippen LogP contribution in [0.1, 0.15) is 39.0 Å². The fraction of sp³-hybridized carbons (Fsp3) is 0.389. The van der Waals surface area contributed by atoms with Crippen molar-refractivity contribution >= 4 is 29.7 Å². The smallest absolute Gasteiger partial charge is 0.432 e. The lowest BCUT2D eigenvalue weighted by Crippen LogP contribution is -2.64. The summed E-state index contributed by atoms with van der Waals surface area (Å²) in [5, 5.41) is -5.98. The van der Waals surface area contributed by atoms with Gasteiger partial charge in [0.1, 0.15) is 5.60 Å². The Balaban J connectivity index is 1.32. The van der Waals surface area contributed by atoms with Crippen molar-refractivity contribution < 1.29 is 54.3 Å². The molecule has 268 valence electrons. The topological polar surface area (TPSA) is 110 Å². The maximum Gasteiger partial charge on any atom is 0.432 e. The number of ether oxygens (including phenoxy) is 2. The van der Waals surface area contributed by atoms with E-state index in [4.69, 9.17) is 9.47 Å². The lowest BCUT2D eigenvalue weighted by atomic mass is 9.50. The van der Waals surface area contributed by atoms with Gasteiger partial charge >= 0.3 is 23.4 Å². The van der Waals surface area contributed by atoms with E-state index in [0.29, 0.717) is 19.3 Å². The monoisotopic (exact) mass is 738 g/mol. The Morgan fingerprint density at radius 3 is 1.86 bits per heavy atom. The summed E-state index contributed by atoms with van der Waals surface area (Å²) in [6.45, 7) is 5.06. The molecule has 0 radical (unpaired) electrons. The molecular formula is C36H35F5O7S2. The van der Waals surface area contributed by atoms with Gasteiger partial charge in [-0.2, -0.15) is 22.0 Å². The second-order valence-corrected chi connectivity index (χ2v) is 21.8. The number of rotatable bonds is 8. The van der Waals surface area contributed by atoms with Gasteiger partial charge in [0.25, 0.3) is 6.10 Å². The van der Waals surface area contributed by atoms with E-state index in [2.05, 4.69) is 6.58 Å². The van der Waals surface area contributed by atoms with Crippen molar-refractivity contribution in [2.45, 2.75) is 76.9 Å². The Bertz CT molecular complexity index is 1910. The van der Waals surface area contributed by atoms with E-state index in [0.717, 1.165) is 0 Å². The SMILES string of the molecule is C=C(C)C(=O)OC12CC3CC(C1)C(C(=O)OC(C(F)(F)F)C(F)(F)S(=O)(O)(O)S1(c4ccccc4)c4ccccc4-c4ccccc41)C(C3)C2. The fourth-order valence-corrected chi connectivity index (χ4v) is 19.1. The van der Waals surface area contributed by atoms with Gasteiger partial charge in [0.15, 0.2) is 8.66 Å². The van der Waals surface area contributed by atoms with Crippen molar-refractivity contribution in [3.63, 3.8) is 0 Å². The second-order valence-electron chi connectivity index (χ2n) is 13.9. The second kappa shape index (κ2) is 11.2. The standard InChI is InChI=1S/C36H35F5O7S2/c1-21(2)31(42)48-34-18-22-16-23(19-34)30(24(17-22)20-34)32(43)47-33(35(37,38)39)36(40,41)50(44,45,46)49(25-10-4-3-5-11-25)28-14-8-6-12-26(28)27-13-7-9-15-29(27)49/h3-15,22-24,30,33H,1,16-20H2,2H3,(H2,44,45,46). The fourth-order valence-electron chi connectivity index (χ4n) is 8.98. The summed E-state index contributed by atoms with van der Waals surface area (Å²) in [6, 6.07) is 17.9. The number of fused-ring (bicyclic) bond motifs is 3. The highest BCUT2D eigenvalue weighted by Crippen LogP contribution is 2.87. The molecule has 50 heavy (non-hydrogen) atoms. The minimum absolute atomic E-state index is 0.00983. The molecule has 4 saturated carbocycles. The van der Waals surface area contributed by atoms with E-state index in [-0.39, 0.29) is 50.1 Å². The van der Waals surface area contributed by atoms with Gasteiger partial charge in [0.2, 0.25) is 0 Å². The van der Waals surface area contributed by atoms with E-state index in [1.54, 1.807) is 0 Å². The van der Waals surface area contributed by atoms with Crippen LogP contribution in [-0.2, 0) is 27.7 Å². The maximum absolute atomic E-state index is 17.1. The van der Waals surface area contributed by atoms with Gasteiger partial charge in [0, 0.05) is 20.3 Å². The molecule has 3 unspecified atom stereocenters. The Morgan fingerprint density at radius 1 is 0.860 bits per heavy atom. The van der Waals surface area contributed by atoms with Crippen LogP contribution in [0.15, 0.2) is 106 Å². The first-order chi connectivity index (χ1) is 23.3. The molecule has 8 rings (SSSR count). The number of hydrogen-bond donors (Lipinski definition) is 2. The number of alkyl halides is 5. The number of benzene rings is 3. The molecule has 0 aromatic heterocycles. The van der Waals surface area contributed by atoms with E-state index in [9.17, 15) is 31.9 Å². The van der Waals surface area contributed by atoms with Gasteiger partial charge < -0.3 is 9.47 Å². The van der Waals surface area contributed by atoms with E-state index < -0.39 is 70.5 Å². The zero-order chi connectivity index (χ0) is 36.1. The third-order valence-corrected chi connectivity index (χ3v) is 20.6. The predicted octanol–water partition coefficient (Wildman–Crippen LogP) is 9.01. The number of hydrogen-bond acceptors (Lipinski definition) is 5. The van der Waals surface area contributed by atoms with Crippen LogP contribution in [0.5, 0.6) is 0 Å². The number of carbonyl (C=O) groups is 2. The predicted molar refractivity (Wildman–Crippen MR) is 176 cm³/mol. The van der Waals surface area contributed by atoms with E-state index >= 15 is 13.0 Å². The molecule has 5 aliphatic rings. The molecule has 7 nitrogen and oxygen atoms in total. The van der Waals surface area contributed by atoms with Crippen LogP contribution in [0.25, 0.3) is 11.1 Å². The van der Waals surface area contributed by atoms with E-state index in [1.807, 2.05) is 0 Å². The third-order valence-electron chi connectivity index (χ3n) is 10.7. The summed E-state index contributed by atoms with van der Waals surface area (Å²) in [6.07, 6.45) is -9.10. The molecule has 0 amide bonds. The van der Waals surface area contributed by atoms with Crippen molar-refractivity contribution in [3.8, 4) is 11.1 Å². The maximum atomic E-state index is 17.1. The molecule has 4 bridgehead atoms. The molecule has 3 aromatic carbocycles. The summed E-state index contributed by atoms with van der Waals surface area (Å²) in [4.78, 5) is 25.4. The van der Waals surface area contributed by atoms with Crippen LogP contribution in [0.3, 0.4) is 0 Å². The number of halogens is 5. The minimum Gasteiger partial charge on any atom is -0.456 e. The molecule has 4 fully saturated rings. The van der Waals surface area contributed by atoms with Gasteiger partial charge in [-0.25, -0.2) is 9.00 Å². The van der Waals surface area contributed by atoms with Gasteiger partial charge in [-0.05, 0) is 92.2 Å². The highest BCUT2D eigenvalue weighted by Gasteiger charge is 2.79. The molecule has 3 aromatic rings. The number of esters is 2. The molecular weight excluding hydrogens is 704 g/mol. The first-order valence-electron chi connectivity index (χ1n) is 16.1. The molecule has 2 N–H and O–H groups in total. The average Bonchev–Trinajstić information content (AvgIpc) is 3.34. The van der Waals surface area contributed by atoms with Crippen molar-refractivity contribution in [2.75, 3.05) is 0 Å². The van der Waals surface area contributed by atoms with Crippen LogP contribution in [0.2, 0.25) is 0 Å². The van der Waals surface area contributed by atoms with Gasteiger partial charge in [-0.15, -0.1) is 0 Å². The van der Waals surface area contributed by atoms with Crippen molar-refractivity contribution in [3.05, 3.63) is 91.0 Å². The lowest BCUT2D eigenvalue weighted by Gasteiger charge is -2.58. The lowest BCUT2D eigenvalue weighted by molar-refractivity contribution is -0.266. The average molecular weight is 739 g/mol. The largest absolute Gasteiger partial charge is 0.456 e. The summed E-state index contributed by atoms with van der Waals surface area (Å²) in [5.41, 5.74) is -0.437. The number of carbonyl (C=O) groups excluding carboxylic acids is 2. The summed E-state index contributed by atoms with van der Waals surface area (Å²) >= 11 is 0. The molecule has 1 aliphatic heterocycles. The Labute approximate surface area is 286 Å². The van der Waals surface area contributed by atoms with Crippen molar-refractivity contribution in [1.82, 2.24) is 0 Å². The third kappa shape index (κ3) is 4.77. The van der Waals surface area contributed by atoms with Crippen LogP contribution in [0, 0.1) is 23.7 Å². The molecule has 0 saturated heterocycles.